The lowest BCUT2D eigenvalue weighted by Gasteiger charge is -2.26. The van der Waals surface area contributed by atoms with E-state index in [0.29, 0.717) is 19.8 Å². The Morgan fingerprint density at radius 1 is 1.47 bits per heavy atom. The third kappa shape index (κ3) is 2.96. The topological polar surface area (TPSA) is 18.5 Å². The average Bonchev–Trinajstić information content (AvgIpc) is 2.58. The van der Waals surface area contributed by atoms with Crippen molar-refractivity contribution in [2.24, 2.45) is 0 Å². The van der Waals surface area contributed by atoms with E-state index >= 15 is 0 Å². The van der Waals surface area contributed by atoms with Crippen molar-refractivity contribution in [2.45, 2.75) is 11.5 Å². The van der Waals surface area contributed by atoms with Gasteiger partial charge in [-0.25, -0.2) is 0 Å². The molecule has 1 aliphatic rings. The van der Waals surface area contributed by atoms with E-state index in [2.05, 4.69) is 31.9 Å². The van der Waals surface area contributed by atoms with Crippen LogP contribution in [0.1, 0.15) is 10.9 Å². The molecule has 84 valence electrons. The van der Waals surface area contributed by atoms with Crippen LogP contribution in [0, 0.1) is 0 Å². The maximum atomic E-state index is 6.35. The van der Waals surface area contributed by atoms with E-state index in [-0.39, 0.29) is 11.5 Å². The predicted molar refractivity (Wildman–Crippen MR) is 68.9 cm³/mol. The summed E-state index contributed by atoms with van der Waals surface area (Å²) in [5.41, 5.74) is 1.06. The highest BCUT2D eigenvalue weighted by Gasteiger charge is 2.27. The van der Waals surface area contributed by atoms with E-state index in [1.165, 1.54) is 0 Å². The van der Waals surface area contributed by atoms with Crippen LogP contribution in [0.2, 0.25) is 0 Å². The molecule has 0 aliphatic carbocycles. The van der Waals surface area contributed by atoms with Gasteiger partial charge in [-0.1, -0.05) is 0 Å². The summed E-state index contributed by atoms with van der Waals surface area (Å²) in [5.74, 6) is 0. The summed E-state index contributed by atoms with van der Waals surface area (Å²) in [5, 5.41) is -0.165. The van der Waals surface area contributed by atoms with Crippen LogP contribution in [-0.4, -0.2) is 25.9 Å². The highest BCUT2D eigenvalue weighted by molar-refractivity contribution is 9.12. The Labute approximate surface area is 114 Å². The number of thiophene rings is 1. The molecule has 0 N–H and O–H groups in total. The van der Waals surface area contributed by atoms with Gasteiger partial charge in [0.1, 0.15) is 6.10 Å². The fraction of sp³-hybridized carbons (Fsp3) is 0.556. The second kappa shape index (κ2) is 5.47. The zero-order chi connectivity index (χ0) is 10.8. The molecule has 0 radical (unpaired) electrons. The smallest absolute Gasteiger partial charge is 0.101 e. The first-order valence-corrected chi connectivity index (χ1v) is 7.30. The lowest BCUT2D eigenvalue weighted by molar-refractivity contribution is -0.0892. The second-order valence-corrected chi connectivity index (χ2v) is 7.39. The van der Waals surface area contributed by atoms with Crippen LogP contribution in [0.15, 0.2) is 13.6 Å². The molecule has 1 saturated heterocycles. The zero-order valence-electron chi connectivity index (χ0n) is 7.71. The van der Waals surface area contributed by atoms with Crippen molar-refractivity contribution in [1.29, 1.82) is 0 Å². The van der Waals surface area contributed by atoms with Crippen molar-refractivity contribution in [2.75, 3.05) is 19.8 Å². The van der Waals surface area contributed by atoms with Crippen molar-refractivity contribution in [3.8, 4) is 0 Å². The Morgan fingerprint density at radius 2 is 2.27 bits per heavy atom. The minimum absolute atomic E-state index is 0.0572. The van der Waals surface area contributed by atoms with Crippen LogP contribution in [0.5, 0.6) is 0 Å². The third-order valence-electron chi connectivity index (χ3n) is 2.15. The highest BCUT2D eigenvalue weighted by atomic mass is 79.9. The molecule has 2 rings (SSSR count). The van der Waals surface area contributed by atoms with Gasteiger partial charge in [0.05, 0.1) is 32.8 Å². The Balaban J connectivity index is 2.12. The molecule has 1 aromatic heterocycles. The Bertz CT molecular complexity index is 339. The fourth-order valence-corrected chi connectivity index (χ4v) is 4.86. The van der Waals surface area contributed by atoms with Gasteiger partial charge in [-0.3, -0.25) is 0 Å². The van der Waals surface area contributed by atoms with Gasteiger partial charge in [-0.05, 0) is 43.5 Å². The summed E-state index contributed by atoms with van der Waals surface area (Å²) in [6.45, 7) is 1.85. The number of alkyl halides is 1. The van der Waals surface area contributed by atoms with Crippen LogP contribution in [0.4, 0.5) is 0 Å². The molecular formula is C9H9Br2ClO2S. The molecule has 0 bridgehead atoms. The molecule has 1 aromatic rings. The second-order valence-electron chi connectivity index (χ2n) is 3.17. The minimum atomic E-state index is -0.165. The molecule has 0 spiro atoms. The minimum Gasteiger partial charge on any atom is -0.376 e. The van der Waals surface area contributed by atoms with Gasteiger partial charge in [0, 0.05) is 0 Å². The van der Waals surface area contributed by atoms with Gasteiger partial charge in [-0.2, -0.15) is 0 Å². The van der Waals surface area contributed by atoms with Crippen LogP contribution in [0.25, 0.3) is 0 Å². The molecule has 2 atom stereocenters. The summed E-state index contributed by atoms with van der Waals surface area (Å²) in [7, 11) is 0. The van der Waals surface area contributed by atoms with Crippen molar-refractivity contribution in [3.63, 3.8) is 0 Å². The normalized spacial score (nSPS) is 24.1. The molecule has 1 aliphatic heterocycles. The van der Waals surface area contributed by atoms with E-state index in [0.717, 1.165) is 13.1 Å². The maximum absolute atomic E-state index is 6.35. The molecule has 2 nitrogen and oxygen atoms in total. The molecule has 0 amide bonds. The number of halogens is 3. The highest BCUT2D eigenvalue weighted by Crippen LogP contribution is 2.40. The van der Waals surface area contributed by atoms with Gasteiger partial charge < -0.3 is 9.47 Å². The van der Waals surface area contributed by atoms with E-state index in [1.807, 2.05) is 6.07 Å². The predicted octanol–water partition coefficient (Wildman–Crippen LogP) is 3.97. The third-order valence-corrected chi connectivity index (χ3v) is 5.05. The van der Waals surface area contributed by atoms with Crippen LogP contribution in [-0.2, 0) is 9.47 Å². The van der Waals surface area contributed by atoms with Crippen molar-refractivity contribution in [3.05, 3.63) is 19.2 Å². The summed E-state index contributed by atoms with van der Waals surface area (Å²) < 4.78 is 13.0. The monoisotopic (exact) mass is 374 g/mol. The first kappa shape index (κ1) is 12.3. The van der Waals surface area contributed by atoms with E-state index in [1.54, 1.807) is 11.3 Å². The molecule has 0 saturated carbocycles. The van der Waals surface area contributed by atoms with E-state index in [9.17, 15) is 0 Å². The van der Waals surface area contributed by atoms with Crippen molar-refractivity contribution < 1.29 is 9.47 Å². The molecule has 2 heterocycles. The van der Waals surface area contributed by atoms with Gasteiger partial charge in [0.2, 0.25) is 0 Å². The summed E-state index contributed by atoms with van der Waals surface area (Å²) in [6.07, 6.45) is -0.0572. The van der Waals surface area contributed by atoms with Gasteiger partial charge in [0.25, 0.3) is 0 Å². The molecule has 15 heavy (non-hydrogen) atoms. The molecule has 2 unspecified atom stereocenters. The van der Waals surface area contributed by atoms with E-state index in [4.69, 9.17) is 21.1 Å². The van der Waals surface area contributed by atoms with Crippen LogP contribution in [0.3, 0.4) is 0 Å². The first-order chi connectivity index (χ1) is 7.18. The molecular weight excluding hydrogens is 367 g/mol. The van der Waals surface area contributed by atoms with Gasteiger partial charge in [0.15, 0.2) is 0 Å². The summed E-state index contributed by atoms with van der Waals surface area (Å²) in [6, 6.07) is 2.02. The lowest BCUT2D eigenvalue weighted by atomic mass is 10.1. The Hall–Kier alpha value is 0.870. The largest absolute Gasteiger partial charge is 0.376 e. The molecule has 0 aromatic carbocycles. The standard InChI is InChI=1S/C9H9Br2ClO2S/c10-7-3-5(9(11)15-7)8(12)6-4-13-1-2-14-6/h3,6,8H,1-2,4H2. The summed E-state index contributed by atoms with van der Waals surface area (Å²) in [4.78, 5) is 0. The van der Waals surface area contributed by atoms with Crippen LogP contribution >= 0.6 is 54.8 Å². The number of hydrogen-bond donors (Lipinski definition) is 0. The molecule has 1 fully saturated rings. The van der Waals surface area contributed by atoms with Gasteiger partial charge >= 0.3 is 0 Å². The van der Waals surface area contributed by atoms with Crippen molar-refractivity contribution in [1.82, 2.24) is 0 Å². The fourth-order valence-electron chi connectivity index (χ4n) is 1.42. The number of hydrogen-bond acceptors (Lipinski definition) is 3. The van der Waals surface area contributed by atoms with E-state index < -0.39 is 0 Å². The summed E-state index contributed by atoms with van der Waals surface area (Å²) >= 11 is 14.9. The average molecular weight is 376 g/mol. The SMILES string of the molecule is ClC(c1cc(Br)sc1Br)C1COCCO1. The lowest BCUT2D eigenvalue weighted by Crippen LogP contribution is -2.31. The number of ether oxygens (including phenoxy) is 2. The van der Waals surface area contributed by atoms with Gasteiger partial charge in [-0.15, -0.1) is 22.9 Å². The maximum Gasteiger partial charge on any atom is 0.101 e. The Morgan fingerprint density at radius 3 is 2.80 bits per heavy atom. The quantitative estimate of drug-likeness (QED) is 0.727. The molecule has 6 heteroatoms. The van der Waals surface area contributed by atoms with Crippen LogP contribution < -0.4 is 0 Å². The number of rotatable bonds is 2. The Kier molecular flexibility index (Phi) is 4.50. The zero-order valence-corrected chi connectivity index (χ0v) is 12.5. The van der Waals surface area contributed by atoms with Crippen molar-refractivity contribution >= 4 is 54.8 Å². The first-order valence-electron chi connectivity index (χ1n) is 4.46.